The highest BCUT2D eigenvalue weighted by molar-refractivity contribution is 5.63. The Morgan fingerprint density at radius 1 is 1.00 bits per heavy atom. The number of aldehydes is 1. The van der Waals surface area contributed by atoms with E-state index in [-0.39, 0.29) is 0 Å². The summed E-state index contributed by atoms with van der Waals surface area (Å²) in [5.41, 5.74) is -3.91. The standard InChI is InChI=1S/C6H6F6O2/c7-5(8,9)2-1-4(14,3-13)6(10,11)12/h3,14H,1-2H2. The van der Waals surface area contributed by atoms with Crippen molar-refractivity contribution in [1.29, 1.82) is 0 Å². The molecular formula is C6H6F6O2. The number of rotatable bonds is 3. The third-order valence-electron chi connectivity index (χ3n) is 1.48. The molecule has 0 aromatic heterocycles. The molecular weight excluding hydrogens is 218 g/mol. The van der Waals surface area contributed by atoms with Gasteiger partial charge in [0, 0.05) is 12.8 Å². The Balaban J connectivity index is 4.51. The van der Waals surface area contributed by atoms with Crippen LogP contribution in [0.3, 0.4) is 0 Å². The second kappa shape index (κ2) is 3.76. The second-order valence-corrected chi connectivity index (χ2v) is 2.66. The first-order valence-corrected chi connectivity index (χ1v) is 3.34. The molecule has 1 unspecified atom stereocenters. The van der Waals surface area contributed by atoms with Crippen molar-refractivity contribution in [3.05, 3.63) is 0 Å². The van der Waals surface area contributed by atoms with E-state index in [4.69, 9.17) is 5.11 Å². The average Bonchev–Trinajstić information content (AvgIpc) is 1.96. The maximum Gasteiger partial charge on any atom is 0.424 e. The topological polar surface area (TPSA) is 37.3 Å². The van der Waals surface area contributed by atoms with Crippen LogP contribution in [-0.2, 0) is 4.79 Å². The Labute approximate surface area is 74.5 Å². The second-order valence-electron chi connectivity index (χ2n) is 2.66. The summed E-state index contributed by atoms with van der Waals surface area (Å²) in [6.45, 7) is 0. The van der Waals surface area contributed by atoms with Crippen LogP contribution in [0.1, 0.15) is 12.8 Å². The van der Waals surface area contributed by atoms with Gasteiger partial charge in [0.25, 0.3) is 0 Å². The average molecular weight is 224 g/mol. The number of alkyl halides is 6. The molecule has 0 radical (unpaired) electrons. The normalized spacial score (nSPS) is 17.6. The van der Waals surface area contributed by atoms with E-state index in [0.29, 0.717) is 0 Å². The van der Waals surface area contributed by atoms with Gasteiger partial charge in [0.1, 0.15) is 0 Å². The molecule has 0 saturated carbocycles. The molecule has 0 aromatic carbocycles. The van der Waals surface area contributed by atoms with Crippen molar-refractivity contribution in [3.63, 3.8) is 0 Å². The minimum atomic E-state index is -5.39. The molecule has 0 rings (SSSR count). The Morgan fingerprint density at radius 3 is 1.64 bits per heavy atom. The molecule has 0 bridgehead atoms. The predicted molar refractivity (Wildman–Crippen MR) is 32.4 cm³/mol. The van der Waals surface area contributed by atoms with Crippen molar-refractivity contribution < 1.29 is 36.2 Å². The number of halogens is 6. The molecule has 0 aliphatic rings. The van der Waals surface area contributed by atoms with Crippen LogP contribution < -0.4 is 0 Å². The number of carbonyl (C=O) groups excluding carboxylic acids is 1. The van der Waals surface area contributed by atoms with Gasteiger partial charge in [0.15, 0.2) is 6.29 Å². The molecule has 0 saturated heterocycles. The summed E-state index contributed by atoms with van der Waals surface area (Å²) in [5, 5.41) is 8.53. The van der Waals surface area contributed by atoms with Crippen LogP contribution >= 0.6 is 0 Å². The summed E-state index contributed by atoms with van der Waals surface area (Å²) in [7, 11) is 0. The molecule has 0 fully saturated rings. The minimum Gasteiger partial charge on any atom is -0.374 e. The van der Waals surface area contributed by atoms with Gasteiger partial charge in [0.2, 0.25) is 5.60 Å². The fourth-order valence-corrected chi connectivity index (χ4v) is 0.600. The lowest BCUT2D eigenvalue weighted by Gasteiger charge is -2.24. The van der Waals surface area contributed by atoms with Gasteiger partial charge in [-0.2, -0.15) is 26.3 Å². The van der Waals surface area contributed by atoms with E-state index in [0.717, 1.165) is 0 Å². The summed E-state index contributed by atoms with van der Waals surface area (Å²) >= 11 is 0. The Morgan fingerprint density at radius 2 is 1.43 bits per heavy atom. The lowest BCUT2D eigenvalue weighted by Crippen LogP contribution is -2.47. The van der Waals surface area contributed by atoms with Gasteiger partial charge in [0.05, 0.1) is 0 Å². The van der Waals surface area contributed by atoms with E-state index in [1.165, 1.54) is 0 Å². The number of carbonyl (C=O) groups is 1. The summed E-state index contributed by atoms with van der Waals surface area (Å²) in [5.74, 6) is 0. The summed E-state index contributed by atoms with van der Waals surface area (Å²) in [6.07, 6.45) is -14.8. The largest absolute Gasteiger partial charge is 0.424 e. The van der Waals surface area contributed by atoms with Crippen molar-refractivity contribution in [2.45, 2.75) is 30.8 Å². The van der Waals surface area contributed by atoms with Gasteiger partial charge < -0.3 is 5.11 Å². The molecule has 0 aliphatic carbocycles. The van der Waals surface area contributed by atoms with Crippen LogP contribution in [0.2, 0.25) is 0 Å². The van der Waals surface area contributed by atoms with Crippen molar-refractivity contribution in [1.82, 2.24) is 0 Å². The van der Waals surface area contributed by atoms with E-state index < -0.39 is 37.1 Å². The molecule has 1 atom stereocenters. The Hall–Kier alpha value is -0.790. The molecule has 0 aliphatic heterocycles. The fourth-order valence-electron chi connectivity index (χ4n) is 0.600. The van der Waals surface area contributed by atoms with Gasteiger partial charge in [-0.05, 0) is 0 Å². The molecule has 1 N–H and O–H groups in total. The smallest absolute Gasteiger partial charge is 0.374 e. The maximum absolute atomic E-state index is 11.8. The zero-order valence-electron chi connectivity index (χ0n) is 6.61. The van der Waals surface area contributed by atoms with Crippen LogP contribution in [0.4, 0.5) is 26.3 Å². The molecule has 14 heavy (non-hydrogen) atoms. The van der Waals surface area contributed by atoms with Crippen LogP contribution in [0.5, 0.6) is 0 Å². The van der Waals surface area contributed by atoms with Crippen molar-refractivity contribution in [3.8, 4) is 0 Å². The fraction of sp³-hybridized carbons (Fsp3) is 0.833. The molecule has 0 amide bonds. The number of aliphatic hydroxyl groups is 1. The van der Waals surface area contributed by atoms with E-state index in [2.05, 4.69) is 0 Å². The van der Waals surface area contributed by atoms with Gasteiger partial charge in [-0.15, -0.1) is 0 Å². The minimum absolute atomic E-state index is 0.932. The quantitative estimate of drug-likeness (QED) is 0.586. The van der Waals surface area contributed by atoms with Gasteiger partial charge in [-0.1, -0.05) is 0 Å². The molecule has 8 heteroatoms. The lowest BCUT2D eigenvalue weighted by atomic mass is 9.99. The zero-order chi connectivity index (χ0) is 11.6. The highest BCUT2D eigenvalue weighted by Crippen LogP contribution is 2.35. The lowest BCUT2D eigenvalue weighted by molar-refractivity contribution is -0.253. The highest BCUT2D eigenvalue weighted by Gasteiger charge is 2.54. The zero-order valence-corrected chi connectivity index (χ0v) is 6.61. The van der Waals surface area contributed by atoms with Crippen LogP contribution in [-0.4, -0.2) is 29.3 Å². The third kappa shape index (κ3) is 3.52. The van der Waals surface area contributed by atoms with Crippen LogP contribution in [0.15, 0.2) is 0 Å². The van der Waals surface area contributed by atoms with E-state index in [9.17, 15) is 31.1 Å². The highest BCUT2D eigenvalue weighted by atomic mass is 19.4. The number of hydrogen-bond acceptors (Lipinski definition) is 2. The first-order valence-electron chi connectivity index (χ1n) is 3.34. The molecule has 0 heterocycles. The van der Waals surface area contributed by atoms with E-state index in [1.54, 1.807) is 0 Å². The Bertz CT molecular complexity index is 207. The molecule has 2 nitrogen and oxygen atoms in total. The van der Waals surface area contributed by atoms with Gasteiger partial charge in [-0.25, -0.2) is 0 Å². The monoisotopic (exact) mass is 224 g/mol. The van der Waals surface area contributed by atoms with Crippen molar-refractivity contribution in [2.24, 2.45) is 0 Å². The summed E-state index contributed by atoms with van der Waals surface area (Å²) in [4.78, 5) is 9.85. The maximum atomic E-state index is 11.8. The predicted octanol–water partition coefficient (Wildman–Crippen LogP) is 1.82. The first-order chi connectivity index (χ1) is 6.02. The van der Waals surface area contributed by atoms with Crippen molar-refractivity contribution >= 4 is 6.29 Å². The van der Waals surface area contributed by atoms with Gasteiger partial charge in [-0.3, -0.25) is 4.79 Å². The third-order valence-corrected chi connectivity index (χ3v) is 1.48. The molecule has 0 spiro atoms. The first kappa shape index (κ1) is 13.2. The van der Waals surface area contributed by atoms with E-state index in [1.807, 2.05) is 0 Å². The summed E-state index contributed by atoms with van der Waals surface area (Å²) in [6, 6.07) is 0. The summed E-state index contributed by atoms with van der Waals surface area (Å²) < 4.78 is 70.0. The molecule has 84 valence electrons. The molecule has 0 aromatic rings. The van der Waals surface area contributed by atoms with Crippen LogP contribution in [0.25, 0.3) is 0 Å². The van der Waals surface area contributed by atoms with Gasteiger partial charge >= 0.3 is 12.4 Å². The Kier molecular flexibility index (Phi) is 3.54. The van der Waals surface area contributed by atoms with Crippen molar-refractivity contribution in [2.75, 3.05) is 0 Å². The van der Waals surface area contributed by atoms with E-state index >= 15 is 0 Å². The van der Waals surface area contributed by atoms with Crippen LogP contribution in [0, 0.1) is 0 Å². The SMILES string of the molecule is O=CC(O)(CCC(F)(F)F)C(F)(F)F. The number of hydrogen-bond donors (Lipinski definition) is 1.